The molecule has 1 aromatic rings. The number of hydrogen-bond acceptors (Lipinski definition) is 3. The van der Waals surface area contributed by atoms with Gasteiger partial charge in [0.25, 0.3) is 5.91 Å². The van der Waals surface area contributed by atoms with Crippen LogP contribution < -0.4 is 10.5 Å². The maximum absolute atomic E-state index is 12.1. The lowest BCUT2D eigenvalue weighted by Gasteiger charge is -2.30. The molecule has 1 saturated heterocycles. The quantitative estimate of drug-likeness (QED) is 0.921. The maximum atomic E-state index is 12.1. The molecule has 0 bridgehead atoms. The molecule has 0 aromatic heterocycles. The lowest BCUT2D eigenvalue weighted by atomic mass is 9.96. The van der Waals surface area contributed by atoms with Gasteiger partial charge in [0.15, 0.2) is 6.61 Å². The molecule has 2 rings (SSSR count). The monoisotopic (exact) mass is 324 g/mol. The zero-order chi connectivity index (χ0) is 16.3. The highest BCUT2D eigenvalue weighted by molar-refractivity contribution is 6.32. The van der Waals surface area contributed by atoms with E-state index in [9.17, 15) is 9.59 Å². The van der Waals surface area contributed by atoms with Gasteiger partial charge in [0.1, 0.15) is 5.75 Å². The Kier molecular flexibility index (Phi) is 5.29. The maximum Gasteiger partial charge on any atom is 0.260 e. The second-order valence-corrected chi connectivity index (χ2v) is 6.10. The number of nitrogens with zero attached hydrogens (tertiary/aromatic N) is 1. The molecular formula is C16H21ClN2O3. The highest BCUT2D eigenvalue weighted by Crippen LogP contribution is 2.26. The molecule has 0 aliphatic carbocycles. The van der Waals surface area contributed by atoms with Gasteiger partial charge >= 0.3 is 0 Å². The van der Waals surface area contributed by atoms with Crippen LogP contribution in [-0.4, -0.2) is 36.4 Å². The predicted octanol–water partition coefficient (Wildman–Crippen LogP) is 2.06. The number of carbonyl (C=O) groups is 2. The van der Waals surface area contributed by atoms with Crippen molar-refractivity contribution in [3.8, 4) is 5.75 Å². The molecular weight excluding hydrogens is 304 g/mol. The molecule has 0 radical (unpaired) electrons. The normalized spacial score (nSPS) is 15.7. The number of amides is 2. The highest BCUT2D eigenvalue weighted by Gasteiger charge is 2.25. The zero-order valence-corrected chi connectivity index (χ0v) is 13.7. The summed E-state index contributed by atoms with van der Waals surface area (Å²) in [5.74, 6) is 0.162. The minimum Gasteiger partial charge on any atom is -0.484 e. The zero-order valence-electron chi connectivity index (χ0n) is 12.9. The number of halogens is 1. The van der Waals surface area contributed by atoms with Crippen LogP contribution in [0.4, 0.5) is 0 Å². The third-order valence-corrected chi connectivity index (χ3v) is 4.62. The standard InChI is InChI=1S/C16H21ClN2O3/c1-10-7-13(8-11(2)15(10)17)22-9-14(20)19-5-3-12(4-6-19)16(18)21/h7-8,12H,3-6,9H2,1-2H3,(H2,18,21). The van der Waals surface area contributed by atoms with E-state index in [2.05, 4.69) is 0 Å². The molecule has 0 unspecified atom stereocenters. The van der Waals surface area contributed by atoms with Crippen LogP contribution in [0.2, 0.25) is 5.02 Å². The number of carbonyl (C=O) groups excluding carboxylic acids is 2. The van der Waals surface area contributed by atoms with E-state index in [4.69, 9.17) is 22.1 Å². The molecule has 120 valence electrons. The average molecular weight is 325 g/mol. The Hall–Kier alpha value is -1.75. The number of hydrogen-bond donors (Lipinski definition) is 1. The van der Waals surface area contributed by atoms with Crippen LogP contribution in [-0.2, 0) is 9.59 Å². The molecule has 22 heavy (non-hydrogen) atoms. The summed E-state index contributed by atoms with van der Waals surface area (Å²) in [7, 11) is 0. The van der Waals surface area contributed by atoms with E-state index in [0.29, 0.717) is 36.7 Å². The van der Waals surface area contributed by atoms with Crippen molar-refractivity contribution >= 4 is 23.4 Å². The molecule has 0 spiro atoms. The van der Waals surface area contributed by atoms with Gasteiger partial charge in [0.2, 0.25) is 5.91 Å². The first-order valence-electron chi connectivity index (χ1n) is 7.35. The minimum atomic E-state index is -0.282. The smallest absolute Gasteiger partial charge is 0.260 e. The van der Waals surface area contributed by atoms with Crippen molar-refractivity contribution in [2.45, 2.75) is 26.7 Å². The fourth-order valence-electron chi connectivity index (χ4n) is 2.64. The molecule has 6 heteroatoms. The van der Waals surface area contributed by atoms with Crippen molar-refractivity contribution in [3.63, 3.8) is 0 Å². The summed E-state index contributed by atoms with van der Waals surface area (Å²) in [5, 5.41) is 0.715. The fraction of sp³-hybridized carbons (Fsp3) is 0.500. The summed E-state index contributed by atoms with van der Waals surface area (Å²) in [6.07, 6.45) is 1.25. The number of likely N-dealkylation sites (tertiary alicyclic amines) is 1. The lowest BCUT2D eigenvalue weighted by molar-refractivity contribution is -0.136. The van der Waals surface area contributed by atoms with Crippen LogP contribution in [0.3, 0.4) is 0 Å². The molecule has 0 atom stereocenters. The van der Waals surface area contributed by atoms with Crippen LogP contribution in [0, 0.1) is 19.8 Å². The number of benzene rings is 1. The van der Waals surface area contributed by atoms with E-state index in [1.165, 1.54) is 0 Å². The SMILES string of the molecule is Cc1cc(OCC(=O)N2CCC(C(N)=O)CC2)cc(C)c1Cl. The van der Waals surface area contributed by atoms with Crippen molar-refractivity contribution in [1.82, 2.24) is 4.90 Å². The van der Waals surface area contributed by atoms with Crippen LogP contribution in [0.5, 0.6) is 5.75 Å². The van der Waals surface area contributed by atoms with Gasteiger partial charge in [0, 0.05) is 24.0 Å². The van der Waals surface area contributed by atoms with Gasteiger partial charge in [-0.3, -0.25) is 9.59 Å². The van der Waals surface area contributed by atoms with Gasteiger partial charge in [-0.15, -0.1) is 0 Å². The molecule has 1 heterocycles. The summed E-state index contributed by atoms with van der Waals surface area (Å²) >= 11 is 6.10. The predicted molar refractivity (Wildman–Crippen MR) is 84.9 cm³/mol. The summed E-state index contributed by atoms with van der Waals surface area (Å²) in [4.78, 5) is 25.0. The van der Waals surface area contributed by atoms with E-state index in [1.807, 2.05) is 26.0 Å². The van der Waals surface area contributed by atoms with Crippen LogP contribution >= 0.6 is 11.6 Å². The molecule has 1 aliphatic rings. The average Bonchev–Trinajstić information content (AvgIpc) is 2.50. The Morgan fingerprint density at radius 2 is 1.82 bits per heavy atom. The second kappa shape index (κ2) is 7.01. The van der Waals surface area contributed by atoms with Crippen molar-refractivity contribution in [2.75, 3.05) is 19.7 Å². The van der Waals surface area contributed by atoms with Crippen molar-refractivity contribution in [3.05, 3.63) is 28.3 Å². The van der Waals surface area contributed by atoms with Crippen molar-refractivity contribution < 1.29 is 14.3 Å². The number of primary amides is 1. The molecule has 0 saturated carbocycles. The molecule has 2 amide bonds. The lowest BCUT2D eigenvalue weighted by Crippen LogP contribution is -2.43. The number of piperidine rings is 1. The van der Waals surface area contributed by atoms with Gasteiger partial charge in [-0.1, -0.05) is 11.6 Å². The Morgan fingerprint density at radius 1 is 1.27 bits per heavy atom. The van der Waals surface area contributed by atoms with Gasteiger partial charge in [-0.05, 0) is 49.9 Å². The van der Waals surface area contributed by atoms with Gasteiger partial charge < -0.3 is 15.4 Å². The van der Waals surface area contributed by atoms with Crippen molar-refractivity contribution in [1.29, 1.82) is 0 Å². The number of ether oxygens (including phenoxy) is 1. The Morgan fingerprint density at radius 3 is 2.32 bits per heavy atom. The largest absolute Gasteiger partial charge is 0.484 e. The third-order valence-electron chi connectivity index (χ3n) is 4.02. The van der Waals surface area contributed by atoms with E-state index in [-0.39, 0.29) is 24.3 Å². The summed E-state index contributed by atoms with van der Waals surface area (Å²) in [6, 6.07) is 3.64. The van der Waals surface area contributed by atoms with Crippen LogP contribution in [0.25, 0.3) is 0 Å². The third kappa shape index (κ3) is 3.91. The summed E-state index contributed by atoms with van der Waals surface area (Å²) in [5.41, 5.74) is 7.13. The van der Waals surface area contributed by atoms with E-state index >= 15 is 0 Å². The first-order chi connectivity index (χ1) is 10.4. The highest BCUT2D eigenvalue weighted by atomic mass is 35.5. The molecule has 2 N–H and O–H groups in total. The summed E-state index contributed by atoms with van der Waals surface area (Å²) < 4.78 is 5.57. The van der Waals surface area contributed by atoms with Crippen LogP contribution in [0.15, 0.2) is 12.1 Å². The Balaban J connectivity index is 1.87. The second-order valence-electron chi connectivity index (χ2n) is 5.72. The topological polar surface area (TPSA) is 72.6 Å². The number of aryl methyl sites for hydroxylation is 2. The first-order valence-corrected chi connectivity index (χ1v) is 7.73. The molecule has 1 aliphatic heterocycles. The molecule has 1 aromatic carbocycles. The van der Waals surface area contributed by atoms with Gasteiger partial charge in [0.05, 0.1) is 0 Å². The van der Waals surface area contributed by atoms with E-state index < -0.39 is 0 Å². The molecule has 5 nitrogen and oxygen atoms in total. The summed E-state index contributed by atoms with van der Waals surface area (Å²) in [6.45, 7) is 4.89. The van der Waals surface area contributed by atoms with Crippen molar-refractivity contribution in [2.24, 2.45) is 11.7 Å². The minimum absolute atomic E-state index is 0.0122. The van der Waals surface area contributed by atoms with E-state index in [1.54, 1.807) is 4.90 Å². The van der Waals surface area contributed by atoms with Gasteiger partial charge in [-0.25, -0.2) is 0 Å². The number of nitrogens with two attached hydrogens (primary N) is 1. The molecule has 1 fully saturated rings. The van der Waals surface area contributed by atoms with Crippen LogP contribution in [0.1, 0.15) is 24.0 Å². The Bertz CT molecular complexity index is 558. The fourth-order valence-corrected chi connectivity index (χ4v) is 2.75. The Labute approximate surface area is 135 Å². The number of rotatable bonds is 4. The first kappa shape index (κ1) is 16.6. The van der Waals surface area contributed by atoms with E-state index in [0.717, 1.165) is 11.1 Å². The van der Waals surface area contributed by atoms with Gasteiger partial charge in [-0.2, -0.15) is 0 Å².